The number of anilines is 1. The second kappa shape index (κ2) is 8.70. The van der Waals surface area contributed by atoms with E-state index in [1.165, 1.54) is 5.56 Å². The quantitative estimate of drug-likeness (QED) is 0.549. The summed E-state index contributed by atoms with van der Waals surface area (Å²) in [5.41, 5.74) is 3.87. The van der Waals surface area contributed by atoms with E-state index in [2.05, 4.69) is 16.0 Å². The number of benzene rings is 1. The average Bonchev–Trinajstić information content (AvgIpc) is 3.39. The van der Waals surface area contributed by atoms with E-state index in [1.807, 2.05) is 29.2 Å². The number of methoxy groups -OCH3 is 1. The number of ether oxygens (including phenoxy) is 2. The highest BCUT2D eigenvalue weighted by Gasteiger charge is 2.32. The van der Waals surface area contributed by atoms with Gasteiger partial charge in [0.15, 0.2) is 22.9 Å². The topological polar surface area (TPSA) is 97.4 Å². The molecule has 8 nitrogen and oxygen atoms in total. The van der Waals surface area contributed by atoms with Crippen LogP contribution in [0.2, 0.25) is 0 Å². The van der Waals surface area contributed by atoms with E-state index in [0.717, 1.165) is 28.9 Å². The maximum absolute atomic E-state index is 13.0. The van der Waals surface area contributed by atoms with Crippen molar-refractivity contribution in [2.75, 3.05) is 18.6 Å². The average molecular weight is 460 g/mol. The monoisotopic (exact) mass is 459 g/mol. The normalized spacial score (nSPS) is 15.5. The molecule has 0 amide bonds. The van der Waals surface area contributed by atoms with Gasteiger partial charge >= 0.3 is 5.97 Å². The van der Waals surface area contributed by atoms with Crippen LogP contribution in [-0.4, -0.2) is 42.0 Å². The molecule has 34 heavy (non-hydrogen) atoms. The minimum Gasteiger partial charge on any atom is -0.504 e. The highest BCUT2D eigenvalue weighted by Crippen LogP contribution is 2.41. The summed E-state index contributed by atoms with van der Waals surface area (Å²) in [6.07, 6.45) is 5.42. The second-order valence-corrected chi connectivity index (χ2v) is 8.49. The van der Waals surface area contributed by atoms with Gasteiger partial charge in [-0.15, -0.1) is 0 Å². The van der Waals surface area contributed by atoms with Gasteiger partial charge in [0.1, 0.15) is 5.75 Å². The summed E-state index contributed by atoms with van der Waals surface area (Å²) in [5.74, 6) is 0.927. The number of carbonyl (C=O) groups is 1. The molecular formula is C26H25N3O5. The standard InChI is InChI=1S/C26H25N3O5/c1-15(2)33-26(31)22-23(30)21(12-17-13-28-24-20(17)5-4-9-27-24)34-25(22)29-10-8-16-6-7-19(32-3)11-18(16)14-29/h4-7,9,11-13,15,30H,8,10,14H2,1-3H3. The predicted octanol–water partition coefficient (Wildman–Crippen LogP) is 4.77. The van der Waals surface area contributed by atoms with Crippen molar-refractivity contribution in [3.63, 3.8) is 0 Å². The van der Waals surface area contributed by atoms with Gasteiger partial charge < -0.3 is 23.9 Å². The molecule has 1 aromatic carbocycles. The van der Waals surface area contributed by atoms with Gasteiger partial charge in [-0.05, 0) is 61.7 Å². The molecule has 2 aliphatic heterocycles. The zero-order valence-corrected chi connectivity index (χ0v) is 19.2. The lowest BCUT2D eigenvalue weighted by molar-refractivity contribution is 0.0375. The van der Waals surface area contributed by atoms with Crippen LogP contribution in [0.1, 0.15) is 46.7 Å². The lowest BCUT2D eigenvalue weighted by atomic mass is 9.99. The number of aromatic hydroxyl groups is 1. The first-order valence-electron chi connectivity index (χ1n) is 11.1. The minimum absolute atomic E-state index is 0.0215. The predicted molar refractivity (Wildman–Crippen MR) is 129 cm³/mol. The van der Waals surface area contributed by atoms with Crippen LogP contribution in [0.4, 0.5) is 11.7 Å². The Hall–Kier alpha value is -4.07. The molecule has 8 heteroatoms. The number of hydrogen-bond donors (Lipinski definition) is 1. The Balaban J connectivity index is 1.56. The van der Waals surface area contributed by atoms with Crippen molar-refractivity contribution >= 4 is 35.5 Å². The van der Waals surface area contributed by atoms with Crippen LogP contribution < -0.4 is 9.64 Å². The van der Waals surface area contributed by atoms with E-state index in [0.29, 0.717) is 18.9 Å². The van der Waals surface area contributed by atoms with E-state index in [-0.39, 0.29) is 29.1 Å². The largest absolute Gasteiger partial charge is 0.504 e. The molecule has 2 aliphatic rings. The van der Waals surface area contributed by atoms with Crippen molar-refractivity contribution in [1.82, 2.24) is 4.98 Å². The van der Waals surface area contributed by atoms with E-state index < -0.39 is 5.97 Å². The number of pyridine rings is 1. The van der Waals surface area contributed by atoms with Crippen LogP contribution in [0.25, 0.3) is 11.6 Å². The third-order valence-electron chi connectivity index (χ3n) is 5.86. The highest BCUT2D eigenvalue weighted by atomic mass is 16.5. The number of nitrogens with zero attached hydrogens (tertiary/aromatic N) is 3. The Kier molecular flexibility index (Phi) is 5.57. The van der Waals surface area contributed by atoms with Crippen LogP contribution in [0.5, 0.6) is 11.5 Å². The van der Waals surface area contributed by atoms with Gasteiger partial charge in [0, 0.05) is 36.6 Å². The summed E-state index contributed by atoms with van der Waals surface area (Å²) in [6.45, 7) is 4.66. The zero-order valence-electron chi connectivity index (χ0n) is 19.2. The molecule has 4 heterocycles. The van der Waals surface area contributed by atoms with Gasteiger partial charge in [0.2, 0.25) is 5.88 Å². The second-order valence-electron chi connectivity index (χ2n) is 8.49. The van der Waals surface area contributed by atoms with E-state index in [4.69, 9.17) is 13.9 Å². The number of carbonyl (C=O) groups excluding carboxylic acids is 1. The fraction of sp³-hybridized carbons (Fsp3) is 0.269. The van der Waals surface area contributed by atoms with Crippen LogP contribution >= 0.6 is 0 Å². The fourth-order valence-electron chi connectivity index (χ4n) is 4.22. The number of aromatic nitrogens is 1. The van der Waals surface area contributed by atoms with Gasteiger partial charge in [0.05, 0.1) is 13.2 Å². The van der Waals surface area contributed by atoms with Gasteiger partial charge in [-0.3, -0.25) is 0 Å². The van der Waals surface area contributed by atoms with Crippen molar-refractivity contribution in [1.29, 1.82) is 0 Å². The van der Waals surface area contributed by atoms with Crippen molar-refractivity contribution in [3.8, 4) is 11.5 Å². The SMILES string of the molecule is COc1ccc2c(c1)CN(c1oc(C=C3C=Nc4ncccc43)c(O)c1C(=O)OC(C)C)CC2. The third kappa shape index (κ3) is 3.91. The summed E-state index contributed by atoms with van der Waals surface area (Å²) in [6, 6.07) is 9.70. The molecular weight excluding hydrogens is 434 g/mol. The number of fused-ring (bicyclic) bond motifs is 2. The molecule has 3 aromatic rings. The Morgan fingerprint density at radius 3 is 2.91 bits per heavy atom. The van der Waals surface area contributed by atoms with Crippen LogP contribution in [0.3, 0.4) is 0 Å². The van der Waals surface area contributed by atoms with Crippen molar-refractivity contribution in [3.05, 3.63) is 64.5 Å². The molecule has 0 radical (unpaired) electrons. The van der Waals surface area contributed by atoms with Crippen molar-refractivity contribution in [2.24, 2.45) is 4.99 Å². The fourth-order valence-corrected chi connectivity index (χ4v) is 4.22. The lowest BCUT2D eigenvalue weighted by Gasteiger charge is -2.29. The molecule has 0 aliphatic carbocycles. The molecule has 2 aromatic heterocycles. The molecule has 1 N–H and O–H groups in total. The lowest BCUT2D eigenvalue weighted by Crippen LogP contribution is -2.31. The molecule has 0 bridgehead atoms. The number of allylic oxidation sites excluding steroid dienone is 1. The number of esters is 1. The van der Waals surface area contributed by atoms with Gasteiger partial charge in [-0.2, -0.15) is 0 Å². The van der Waals surface area contributed by atoms with E-state index in [9.17, 15) is 9.90 Å². The third-order valence-corrected chi connectivity index (χ3v) is 5.86. The Bertz CT molecular complexity index is 1320. The molecule has 0 spiro atoms. The number of rotatable bonds is 5. The molecule has 0 saturated heterocycles. The van der Waals surface area contributed by atoms with E-state index >= 15 is 0 Å². The summed E-state index contributed by atoms with van der Waals surface area (Å²) >= 11 is 0. The smallest absolute Gasteiger partial charge is 0.347 e. The Morgan fingerprint density at radius 1 is 1.26 bits per heavy atom. The van der Waals surface area contributed by atoms with E-state index in [1.54, 1.807) is 39.4 Å². The van der Waals surface area contributed by atoms with Gasteiger partial charge in [-0.1, -0.05) is 6.07 Å². The van der Waals surface area contributed by atoms with Crippen LogP contribution in [0, 0.1) is 0 Å². The molecule has 5 rings (SSSR count). The first-order valence-corrected chi connectivity index (χ1v) is 11.1. The highest BCUT2D eigenvalue weighted by molar-refractivity contribution is 6.21. The van der Waals surface area contributed by atoms with Crippen LogP contribution in [0.15, 0.2) is 45.9 Å². The number of aliphatic imine (C=N–C) groups is 1. The summed E-state index contributed by atoms with van der Waals surface area (Å²) < 4.78 is 16.9. The Labute approximate surface area is 197 Å². The van der Waals surface area contributed by atoms with Gasteiger partial charge in [0.25, 0.3) is 0 Å². The van der Waals surface area contributed by atoms with Crippen molar-refractivity contribution < 1.29 is 23.8 Å². The summed E-state index contributed by atoms with van der Waals surface area (Å²) in [5, 5.41) is 11.1. The zero-order chi connectivity index (χ0) is 23.8. The molecule has 0 fully saturated rings. The molecule has 0 unspecified atom stereocenters. The number of hydrogen-bond acceptors (Lipinski definition) is 8. The number of furan rings is 1. The molecule has 0 saturated carbocycles. The minimum atomic E-state index is -0.630. The summed E-state index contributed by atoms with van der Waals surface area (Å²) in [4.78, 5) is 23.5. The molecule has 0 atom stereocenters. The first-order chi connectivity index (χ1) is 16.4. The first kappa shape index (κ1) is 21.8. The van der Waals surface area contributed by atoms with Gasteiger partial charge in [-0.25, -0.2) is 14.8 Å². The maximum Gasteiger partial charge on any atom is 0.347 e. The summed E-state index contributed by atoms with van der Waals surface area (Å²) in [7, 11) is 1.63. The maximum atomic E-state index is 13.0. The van der Waals surface area contributed by atoms with Crippen molar-refractivity contribution in [2.45, 2.75) is 32.9 Å². The Morgan fingerprint density at radius 2 is 2.12 bits per heavy atom. The van der Waals surface area contributed by atoms with Crippen LogP contribution in [-0.2, 0) is 17.7 Å². The molecule has 174 valence electrons.